The quantitative estimate of drug-likeness (QED) is 0.832. The molecule has 2 aliphatic rings. The summed E-state index contributed by atoms with van der Waals surface area (Å²) in [6, 6.07) is 3.31. The number of ether oxygens (including phenoxy) is 2. The zero-order valence-electron chi connectivity index (χ0n) is 11.6. The maximum absolute atomic E-state index is 12.0. The maximum Gasteiger partial charge on any atom is 0.239 e. The van der Waals surface area contributed by atoms with Gasteiger partial charge >= 0.3 is 0 Å². The average molecular weight is 356 g/mol. The number of amides is 1. The SMILES string of the molecule is NC(=O)C(c1cc(Br)c2c(c1)OCCO2)N1CCNCC1. The summed E-state index contributed by atoms with van der Waals surface area (Å²) in [6.45, 7) is 4.34. The Morgan fingerprint density at radius 3 is 2.71 bits per heavy atom. The van der Waals surface area contributed by atoms with Crippen LogP contribution in [0.4, 0.5) is 0 Å². The second-order valence-electron chi connectivity index (χ2n) is 5.12. The minimum atomic E-state index is -0.445. The van der Waals surface area contributed by atoms with E-state index in [0.717, 1.165) is 36.2 Å². The number of primary amides is 1. The molecule has 3 rings (SSSR count). The van der Waals surface area contributed by atoms with Gasteiger partial charge in [0.05, 0.1) is 4.47 Å². The Balaban J connectivity index is 1.95. The lowest BCUT2D eigenvalue weighted by Gasteiger charge is -2.33. The first-order valence-electron chi connectivity index (χ1n) is 7.00. The second kappa shape index (κ2) is 6.21. The van der Waals surface area contributed by atoms with Gasteiger partial charge in [-0.25, -0.2) is 0 Å². The monoisotopic (exact) mass is 355 g/mol. The highest BCUT2D eigenvalue weighted by atomic mass is 79.9. The summed E-state index contributed by atoms with van der Waals surface area (Å²) in [4.78, 5) is 14.0. The van der Waals surface area contributed by atoms with Crippen LogP contribution in [-0.2, 0) is 4.79 Å². The number of hydrogen-bond donors (Lipinski definition) is 2. The third kappa shape index (κ3) is 3.00. The lowest BCUT2D eigenvalue weighted by Crippen LogP contribution is -2.48. The molecule has 0 aromatic heterocycles. The molecule has 114 valence electrons. The average Bonchev–Trinajstić information content (AvgIpc) is 2.48. The Kier molecular flexibility index (Phi) is 4.32. The van der Waals surface area contributed by atoms with Crippen LogP contribution in [0.1, 0.15) is 11.6 Å². The second-order valence-corrected chi connectivity index (χ2v) is 5.97. The Morgan fingerprint density at radius 1 is 1.29 bits per heavy atom. The molecule has 0 aliphatic carbocycles. The van der Waals surface area contributed by atoms with E-state index in [1.165, 1.54) is 0 Å². The van der Waals surface area contributed by atoms with Crippen LogP contribution in [-0.4, -0.2) is 50.2 Å². The number of hydrogen-bond acceptors (Lipinski definition) is 5. The van der Waals surface area contributed by atoms with E-state index in [-0.39, 0.29) is 5.91 Å². The summed E-state index contributed by atoms with van der Waals surface area (Å²) >= 11 is 3.49. The van der Waals surface area contributed by atoms with Gasteiger partial charge in [0.2, 0.25) is 5.91 Å². The van der Waals surface area contributed by atoms with Crippen molar-refractivity contribution in [1.29, 1.82) is 0 Å². The zero-order valence-corrected chi connectivity index (χ0v) is 13.2. The topological polar surface area (TPSA) is 76.8 Å². The Hall–Kier alpha value is -1.31. The van der Waals surface area contributed by atoms with Gasteiger partial charge in [0, 0.05) is 26.2 Å². The summed E-state index contributed by atoms with van der Waals surface area (Å²) in [5.41, 5.74) is 6.47. The molecule has 1 aromatic carbocycles. The standard InChI is InChI=1S/C14H18BrN3O3/c15-10-7-9(8-11-13(10)21-6-5-20-11)12(14(16)19)18-3-1-17-2-4-18/h7-8,12,17H,1-6H2,(H2,16,19). The molecule has 6 nitrogen and oxygen atoms in total. The molecule has 1 unspecified atom stereocenters. The molecule has 1 atom stereocenters. The Labute approximate surface area is 131 Å². The summed E-state index contributed by atoms with van der Waals surface area (Å²) < 4.78 is 12.0. The van der Waals surface area contributed by atoms with Crippen molar-refractivity contribution in [3.63, 3.8) is 0 Å². The first-order chi connectivity index (χ1) is 10.2. The van der Waals surface area contributed by atoms with Crippen molar-refractivity contribution in [3.05, 3.63) is 22.2 Å². The number of halogens is 1. The van der Waals surface area contributed by atoms with E-state index in [2.05, 4.69) is 26.1 Å². The van der Waals surface area contributed by atoms with Crippen molar-refractivity contribution in [2.24, 2.45) is 5.73 Å². The molecular formula is C14H18BrN3O3. The third-order valence-electron chi connectivity index (χ3n) is 3.72. The van der Waals surface area contributed by atoms with Crippen molar-refractivity contribution < 1.29 is 14.3 Å². The first kappa shape index (κ1) is 14.6. The van der Waals surface area contributed by atoms with Gasteiger partial charge in [0.15, 0.2) is 11.5 Å². The third-order valence-corrected chi connectivity index (χ3v) is 4.31. The molecule has 0 saturated carbocycles. The molecule has 1 amide bonds. The molecule has 0 bridgehead atoms. The molecular weight excluding hydrogens is 338 g/mol. The van der Waals surface area contributed by atoms with Gasteiger partial charge in [0.25, 0.3) is 0 Å². The minimum Gasteiger partial charge on any atom is -0.486 e. The van der Waals surface area contributed by atoms with E-state index in [1.807, 2.05) is 12.1 Å². The molecule has 0 radical (unpaired) electrons. The van der Waals surface area contributed by atoms with Crippen LogP contribution in [0.2, 0.25) is 0 Å². The molecule has 21 heavy (non-hydrogen) atoms. The molecule has 1 aromatic rings. The number of nitrogens with two attached hydrogens (primary N) is 1. The van der Waals surface area contributed by atoms with Crippen molar-refractivity contribution in [3.8, 4) is 11.5 Å². The molecule has 2 heterocycles. The number of nitrogens with one attached hydrogen (secondary N) is 1. The number of carbonyl (C=O) groups is 1. The number of nitrogens with zero attached hydrogens (tertiary/aromatic N) is 1. The minimum absolute atomic E-state index is 0.347. The number of rotatable bonds is 3. The van der Waals surface area contributed by atoms with E-state index >= 15 is 0 Å². The van der Waals surface area contributed by atoms with Gasteiger partial charge in [-0.1, -0.05) is 0 Å². The Morgan fingerprint density at radius 2 is 2.00 bits per heavy atom. The van der Waals surface area contributed by atoms with Crippen LogP contribution in [0.5, 0.6) is 11.5 Å². The van der Waals surface area contributed by atoms with E-state index < -0.39 is 6.04 Å². The predicted octanol–water partition coefficient (Wildman–Crippen LogP) is 0.652. The van der Waals surface area contributed by atoms with Gasteiger partial charge in [-0.05, 0) is 33.6 Å². The van der Waals surface area contributed by atoms with Crippen LogP contribution in [0.15, 0.2) is 16.6 Å². The largest absolute Gasteiger partial charge is 0.486 e. The molecule has 7 heteroatoms. The van der Waals surface area contributed by atoms with Crippen LogP contribution < -0.4 is 20.5 Å². The van der Waals surface area contributed by atoms with Crippen LogP contribution >= 0.6 is 15.9 Å². The van der Waals surface area contributed by atoms with Gasteiger partial charge < -0.3 is 20.5 Å². The highest BCUT2D eigenvalue weighted by molar-refractivity contribution is 9.10. The summed E-state index contributed by atoms with van der Waals surface area (Å²) in [5, 5.41) is 3.27. The van der Waals surface area contributed by atoms with Crippen LogP contribution in [0.3, 0.4) is 0 Å². The Bertz CT molecular complexity index is 547. The fourth-order valence-electron chi connectivity index (χ4n) is 2.78. The highest BCUT2D eigenvalue weighted by Gasteiger charge is 2.29. The smallest absolute Gasteiger partial charge is 0.239 e. The van der Waals surface area contributed by atoms with Crippen LogP contribution in [0.25, 0.3) is 0 Å². The fourth-order valence-corrected chi connectivity index (χ4v) is 3.36. The number of fused-ring (bicyclic) bond motifs is 1. The predicted molar refractivity (Wildman–Crippen MR) is 81.5 cm³/mol. The molecule has 1 saturated heterocycles. The summed E-state index contributed by atoms with van der Waals surface area (Å²) in [5.74, 6) is 1.00. The van der Waals surface area contributed by atoms with E-state index in [1.54, 1.807) is 0 Å². The van der Waals surface area contributed by atoms with Gasteiger partial charge in [-0.15, -0.1) is 0 Å². The summed E-state index contributed by atoms with van der Waals surface area (Å²) in [7, 11) is 0. The van der Waals surface area contributed by atoms with Gasteiger partial charge in [0.1, 0.15) is 19.3 Å². The summed E-state index contributed by atoms with van der Waals surface area (Å²) in [6.07, 6.45) is 0. The van der Waals surface area contributed by atoms with E-state index in [0.29, 0.717) is 24.7 Å². The van der Waals surface area contributed by atoms with Crippen molar-refractivity contribution in [1.82, 2.24) is 10.2 Å². The number of carbonyl (C=O) groups excluding carboxylic acids is 1. The zero-order chi connectivity index (χ0) is 14.8. The molecule has 3 N–H and O–H groups in total. The maximum atomic E-state index is 12.0. The molecule has 1 fully saturated rings. The van der Waals surface area contributed by atoms with E-state index in [9.17, 15) is 4.79 Å². The fraction of sp³-hybridized carbons (Fsp3) is 0.500. The van der Waals surface area contributed by atoms with Crippen molar-refractivity contribution >= 4 is 21.8 Å². The normalized spacial score (nSPS) is 20.0. The molecule has 0 spiro atoms. The van der Waals surface area contributed by atoms with Gasteiger partial charge in [-0.2, -0.15) is 0 Å². The van der Waals surface area contributed by atoms with Gasteiger partial charge in [-0.3, -0.25) is 9.69 Å². The number of benzene rings is 1. The molecule has 2 aliphatic heterocycles. The first-order valence-corrected chi connectivity index (χ1v) is 7.79. The number of piperazine rings is 1. The lowest BCUT2D eigenvalue weighted by atomic mass is 10.0. The lowest BCUT2D eigenvalue weighted by molar-refractivity contribution is -0.123. The van der Waals surface area contributed by atoms with Crippen molar-refractivity contribution in [2.45, 2.75) is 6.04 Å². The highest BCUT2D eigenvalue weighted by Crippen LogP contribution is 2.40. The van der Waals surface area contributed by atoms with E-state index in [4.69, 9.17) is 15.2 Å². The van der Waals surface area contributed by atoms with Crippen molar-refractivity contribution in [2.75, 3.05) is 39.4 Å². The van der Waals surface area contributed by atoms with Crippen LogP contribution in [0, 0.1) is 0 Å².